The maximum absolute atomic E-state index is 12.4. The summed E-state index contributed by atoms with van der Waals surface area (Å²) in [6.07, 6.45) is 0. The van der Waals surface area contributed by atoms with Gasteiger partial charge < -0.3 is 24.6 Å². The molecule has 5 rings (SSSR count). The first-order chi connectivity index (χ1) is 14.8. The van der Waals surface area contributed by atoms with Crippen LogP contribution < -0.4 is 19.7 Å². The van der Waals surface area contributed by atoms with Crippen LogP contribution in [0.15, 0.2) is 60.7 Å². The van der Waals surface area contributed by atoms with E-state index in [2.05, 4.69) is 20.4 Å². The largest absolute Gasteiger partial charge is 0.454 e. The number of carbonyl (C=O) groups excluding carboxylic acids is 1. The Morgan fingerprint density at radius 1 is 0.867 bits per heavy atom. The summed E-state index contributed by atoms with van der Waals surface area (Å²) in [5.41, 5.74) is 2.51. The Balaban J connectivity index is 1.20. The standard InChI is InChI=1S/C22H21N5O3/c28-22(23-17-4-2-1-3-5-17)27-12-10-26(11-13-27)21-9-7-18(24-25-21)16-6-8-19-20(14-16)30-15-29-19/h1-9,14H,10-13,15H2,(H,23,28). The van der Waals surface area contributed by atoms with E-state index in [9.17, 15) is 4.79 Å². The van der Waals surface area contributed by atoms with Crippen LogP contribution >= 0.6 is 0 Å². The van der Waals surface area contributed by atoms with Crippen molar-refractivity contribution in [3.8, 4) is 22.8 Å². The molecule has 0 saturated carbocycles. The van der Waals surface area contributed by atoms with Gasteiger partial charge >= 0.3 is 6.03 Å². The maximum atomic E-state index is 12.4. The molecule has 2 amide bonds. The average molecular weight is 403 g/mol. The van der Waals surface area contributed by atoms with Crippen molar-refractivity contribution in [3.05, 3.63) is 60.7 Å². The van der Waals surface area contributed by atoms with Crippen molar-refractivity contribution in [2.24, 2.45) is 0 Å². The summed E-state index contributed by atoms with van der Waals surface area (Å²) in [6, 6.07) is 19.1. The smallest absolute Gasteiger partial charge is 0.321 e. The number of para-hydroxylation sites is 1. The molecule has 0 radical (unpaired) electrons. The van der Waals surface area contributed by atoms with Gasteiger partial charge in [-0.05, 0) is 42.5 Å². The summed E-state index contributed by atoms with van der Waals surface area (Å²) in [4.78, 5) is 16.4. The Bertz CT molecular complexity index is 1030. The number of piperazine rings is 1. The lowest BCUT2D eigenvalue weighted by molar-refractivity contribution is 0.174. The molecule has 3 heterocycles. The third-order valence-corrected chi connectivity index (χ3v) is 5.23. The molecule has 0 spiro atoms. The second-order valence-corrected chi connectivity index (χ2v) is 7.12. The van der Waals surface area contributed by atoms with E-state index in [0.29, 0.717) is 26.2 Å². The number of hydrogen-bond acceptors (Lipinski definition) is 6. The first-order valence-electron chi connectivity index (χ1n) is 9.86. The number of ether oxygens (including phenoxy) is 2. The molecule has 1 N–H and O–H groups in total. The van der Waals surface area contributed by atoms with Crippen molar-refractivity contribution in [2.75, 3.05) is 43.2 Å². The number of benzene rings is 2. The maximum Gasteiger partial charge on any atom is 0.321 e. The Labute approximate surface area is 174 Å². The van der Waals surface area contributed by atoms with Gasteiger partial charge in [0, 0.05) is 37.4 Å². The van der Waals surface area contributed by atoms with E-state index in [1.54, 1.807) is 0 Å². The molecule has 2 aromatic carbocycles. The van der Waals surface area contributed by atoms with Crippen molar-refractivity contribution in [1.29, 1.82) is 0 Å². The molecule has 0 atom stereocenters. The normalized spacial score (nSPS) is 15.2. The number of amides is 2. The molecule has 2 aliphatic heterocycles. The van der Waals surface area contributed by atoms with Crippen molar-refractivity contribution in [2.45, 2.75) is 0 Å². The van der Waals surface area contributed by atoms with Crippen LogP contribution in [0.2, 0.25) is 0 Å². The fraction of sp³-hybridized carbons (Fsp3) is 0.227. The van der Waals surface area contributed by atoms with Crippen LogP contribution in [0.5, 0.6) is 11.5 Å². The van der Waals surface area contributed by atoms with E-state index in [4.69, 9.17) is 9.47 Å². The number of carbonyl (C=O) groups is 1. The minimum atomic E-state index is -0.0786. The minimum Gasteiger partial charge on any atom is -0.454 e. The second-order valence-electron chi connectivity index (χ2n) is 7.12. The number of nitrogens with one attached hydrogen (secondary N) is 1. The monoisotopic (exact) mass is 403 g/mol. The predicted octanol–water partition coefficient (Wildman–Crippen LogP) is 3.23. The van der Waals surface area contributed by atoms with E-state index < -0.39 is 0 Å². The highest BCUT2D eigenvalue weighted by Crippen LogP contribution is 2.35. The number of aromatic nitrogens is 2. The predicted molar refractivity (Wildman–Crippen MR) is 113 cm³/mol. The molecule has 0 bridgehead atoms. The van der Waals surface area contributed by atoms with Gasteiger partial charge in [0.15, 0.2) is 17.3 Å². The van der Waals surface area contributed by atoms with Gasteiger partial charge in [0.05, 0.1) is 5.69 Å². The molecule has 1 saturated heterocycles. The van der Waals surface area contributed by atoms with Gasteiger partial charge in [-0.1, -0.05) is 18.2 Å². The van der Waals surface area contributed by atoms with Crippen molar-refractivity contribution in [1.82, 2.24) is 15.1 Å². The zero-order valence-corrected chi connectivity index (χ0v) is 16.3. The third-order valence-electron chi connectivity index (χ3n) is 5.23. The molecule has 2 aliphatic rings. The van der Waals surface area contributed by atoms with Gasteiger partial charge in [-0.25, -0.2) is 4.79 Å². The zero-order chi connectivity index (χ0) is 20.3. The summed E-state index contributed by atoms with van der Waals surface area (Å²) >= 11 is 0. The van der Waals surface area contributed by atoms with Crippen LogP contribution in [0.25, 0.3) is 11.3 Å². The van der Waals surface area contributed by atoms with E-state index in [-0.39, 0.29) is 12.8 Å². The molecule has 8 heteroatoms. The van der Waals surface area contributed by atoms with Gasteiger partial charge in [0.25, 0.3) is 0 Å². The Morgan fingerprint density at radius 3 is 2.43 bits per heavy atom. The number of nitrogens with zero attached hydrogens (tertiary/aromatic N) is 4. The Hall–Kier alpha value is -3.81. The number of rotatable bonds is 3. The lowest BCUT2D eigenvalue weighted by Gasteiger charge is -2.35. The summed E-state index contributed by atoms with van der Waals surface area (Å²) in [7, 11) is 0. The molecular formula is C22H21N5O3. The van der Waals surface area contributed by atoms with E-state index in [1.165, 1.54) is 0 Å². The minimum absolute atomic E-state index is 0.0786. The molecular weight excluding hydrogens is 382 g/mol. The van der Waals surface area contributed by atoms with E-state index in [0.717, 1.165) is 34.3 Å². The van der Waals surface area contributed by atoms with Crippen LogP contribution in [-0.4, -0.2) is 54.1 Å². The third kappa shape index (κ3) is 3.71. The van der Waals surface area contributed by atoms with Crippen molar-refractivity contribution >= 4 is 17.5 Å². The number of anilines is 2. The lowest BCUT2D eigenvalue weighted by Crippen LogP contribution is -2.50. The molecule has 3 aromatic rings. The van der Waals surface area contributed by atoms with Gasteiger partial charge in [-0.2, -0.15) is 0 Å². The molecule has 152 valence electrons. The summed E-state index contributed by atoms with van der Waals surface area (Å²) < 4.78 is 10.8. The number of urea groups is 1. The summed E-state index contributed by atoms with van der Waals surface area (Å²) in [5.74, 6) is 2.28. The number of hydrogen-bond donors (Lipinski definition) is 1. The highest BCUT2D eigenvalue weighted by molar-refractivity contribution is 5.89. The van der Waals surface area contributed by atoms with Crippen molar-refractivity contribution < 1.29 is 14.3 Å². The average Bonchev–Trinajstić information content (AvgIpc) is 3.28. The number of fused-ring (bicyclic) bond motifs is 1. The van der Waals surface area contributed by atoms with Crippen molar-refractivity contribution in [3.63, 3.8) is 0 Å². The zero-order valence-electron chi connectivity index (χ0n) is 16.3. The SMILES string of the molecule is O=C(Nc1ccccc1)N1CCN(c2ccc(-c3ccc4c(c3)OCO4)nn2)CC1. The van der Waals surface area contributed by atoms with Crippen LogP contribution in [0, 0.1) is 0 Å². The highest BCUT2D eigenvalue weighted by Gasteiger charge is 2.22. The van der Waals surface area contributed by atoms with Crippen LogP contribution in [-0.2, 0) is 0 Å². The quantitative estimate of drug-likeness (QED) is 0.723. The molecule has 0 unspecified atom stereocenters. The molecule has 0 aliphatic carbocycles. The molecule has 1 fully saturated rings. The van der Waals surface area contributed by atoms with Gasteiger partial charge in [-0.15, -0.1) is 10.2 Å². The van der Waals surface area contributed by atoms with Gasteiger partial charge in [-0.3, -0.25) is 0 Å². The topological polar surface area (TPSA) is 79.8 Å². The Kier molecular flexibility index (Phi) is 4.80. The first-order valence-corrected chi connectivity index (χ1v) is 9.86. The fourth-order valence-corrected chi connectivity index (χ4v) is 3.57. The lowest BCUT2D eigenvalue weighted by atomic mass is 10.1. The molecule has 1 aromatic heterocycles. The highest BCUT2D eigenvalue weighted by atomic mass is 16.7. The van der Waals surface area contributed by atoms with Gasteiger partial charge in [0.1, 0.15) is 0 Å². The van der Waals surface area contributed by atoms with E-state index >= 15 is 0 Å². The van der Waals surface area contributed by atoms with Gasteiger partial charge in [0.2, 0.25) is 6.79 Å². The molecule has 30 heavy (non-hydrogen) atoms. The summed E-state index contributed by atoms with van der Waals surface area (Å²) in [6.45, 7) is 2.92. The van der Waals surface area contributed by atoms with Crippen LogP contribution in [0.4, 0.5) is 16.3 Å². The summed E-state index contributed by atoms with van der Waals surface area (Å²) in [5, 5.41) is 11.7. The fourth-order valence-electron chi connectivity index (χ4n) is 3.57. The second kappa shape index (κ2) is 7.90. The Morgan fingerprint density at radius 2 is 1.67 bits per heavy atom. The molecule has 8 nitrogen and oxygen atoms in total. The van der Waals surface area contributed by atoms with Crippen LogP contribution in [0.3, 0.4) is 0 Å². The van der Waals surface area contributed by atoms with Crippen LogP contribution in [0.1, 0.15) is 0 Å². The van der Waals surface area contributed by atoms with E-state index in [1.807, 2.05) is 65.6 Å². The first kappa shape index (κ1) is 18.2.